The zero-order chi connectivity index (χ0) is 22.8. The first-order valence-corrected chi connectivity index (χ1v) is 11.5. The van der Waals surface area contributed by atoms with Crippen LogP contribution in [0, 0.1) is 0 Å². The molecule has 10 nitrogen and oxygen atoms in total. The number of sulfonamides is 1. The van der Waals surface area contributed by atoms with Crippen molar-refractivity contribution in [3.8, 4) is 0 Å². The fourth-order valence-corrected chi connectivity index (χ4v) is 3.63. The summed E-state index contributed by atoms with van der Waals surface area (Å²) in [6.45, 7) is 0. The van der Waals surface area contributed by atoms with Gasteiger partial charge in [-0.2, -0.15) is 0 Å². The van der Waals surface area contributed by atoms with Crippen molar-refractivity contribution < 1.29 is 22.8 Å². The van der Waals surface area contributed by atoms with Crippen molar-refractivity contribution in [2.75, 3.05) is 30.0 Å². The summed E-state index contributed by atoms with van der Waals surface area (Å²) in [5.74, 6) is -0.976. The molecule has 0 spiro atoms. The van der Waals surface area contributed by atoms with Gasteiger partial charge < -0.3 is 10.6 Å². The van der Waals surface area contributed by atoms with Crippen molar-refractivity contribution in [3.63, 3.8) is 0 Å². The first-order valence-electron chi connectivity index (χ1n) is 9.25. The van der Waals surface area contributed by atoms with E-state index in [-0.39, 0.29) is 39.6 Å². The highest BCUT2D eigenvalue weighted by molar-refractivity contribution is 7.92. The second-order valence-electron chi connectivity index (χ2n) is 6.99. The third-order valence-corrected chi connectivity index (χ3v) is 6.04. The van der Waals surface area contributed by atoms with Crippen LogP contribution in [0.5, 0.6) is 0 Å². The van der Waals surface area contributed by atoms with Crippen LogP contribution in [0.25, 0.3) is 0 Å². The van der Waals surface area contributed by atoms with Gasteiger partial charge in [0.2, 0.25) is 10.0 Å². The normalized spacial score (nSPS) is 13.4. The van der Waals surface area contributed by atoms with Crippen LogP contribution in [-0.4, -0.2) is 51.7 Å². The van der Waals surface area contributed by atoms with Gasteiger partial charge in [0.25, 0.3) is 11.8 Å². The van der Waals surface area contributed by atoms with Gasteiger partial charge in [-0.3, -0.25) is 23.7 Å². The molecule has 2 amide bonds. The summed E-state index contributed by atoms with van der Waals surface area (Å²) < 4.78 is 25.2. The Morgan fingerprint density at radius 1 is 1.23 bits per heavy atom. The van der Waals surface area contributed by atoms with Crippen molar-refractivity contribution in [1.82, 2.24) is 15.8 Å². The molecule has 1 aromatic heterocycles. The lowest BCUT2D eigenvalue weighted by Gasteiger charge is -2.23. The molecular weight excluding hydrogens is 446 g/mol. The summed E-state index contributed by atoms with van der Waals surface area (Å²) in [6, 6.07) is 6.31. The molecule has 3 rings (SSSR count). The number of para-hydroxylation sites is 1. The van der Waals surface area contributed by atoms with E-state index in [4.69, 9.17) is 11.6 Å². The lowest BCUT2D eigenvalue weighted by Crippen LogP contribution is -2.28. The number of halogens is 1. The van der Waals surface area contributed by atoms with Crippen LogP contribution in [0.2, 0.25) is 5.02 Å². The van der Waals surface area contributed by atoms with Crippen LogP contribution in [0.15, 0.2) is 30.5 Å². The van der Waals surface area contributed by atoms with Crippen LogP contribution in [0.1, 0.15) is 33.7 Å². The number of carbonyl (C=O) groups is 2. The molecule has 1 saturated carbocycles. The Balaban J connectivity index is 2.05. The maximum Gasteiger partial charge on any atom is 0.278 e. The van der Waals surface area contributed by atoms with Crippen molar-refractivity contribution in [3.05, 3.63) is 46.7 Å². The van der Waals surface area contributed by atoms with Crippen molar-refractivity contribution in [2.45, 2.75) is 18.9 Å². The van der Waals surface area contributed by atoms with E-state index in [9.17, 15) is 18.0 Å². The number of benzene rings is 1. The predicted octanol–water partition coefficient (Wildman–Crippen LogP) is 2.06. The second-order valence-corrected chi connectivity index (χ2v) is 9.41. The lowest BCUT2D eigenvalue weighted by molar-refractivity contribution is 0.0538. The van der Waals surface area contributed by atoms with Gasteiger partial charge >= 0.3 is 0 Å². The van der Waals surface area contributed by atoms with Gasteiger partial charge in [0, 0.05) is 19.3 Å². The van der Waals surface area contributed by atoms with Crippen LogP contribution in [0.4, 0.5) is 17.1 Å². The Bertz CT molecular complexity index is 1120. The van der Waals surface area contributed by atoms with Gasteiger partial charge in [-0.15, -0.1) is 0 Å². The number of amides is 2. The molecule has 0 atom stereocenters. The lowest BCUT2D eigenvalue weighted by atomic mass is 10.1. The van der Waals surface area contributed by atoms with Crippen LogP contribution in [-0.2, 0) is 14.9 Å². The molecule has 166 valence electrons. The highest BCUT2D eigenvalue weighted by Gasteiger charge is 2.26. The number of nitrogens with zero attached hydrogens (tertiary/aromatic N) is 2. The van der Waals surface area contributed by atoms with Gasteiger partial charge in [0.15, 0.2) is 0 Å². The van der Waals surface area contributed by atoms with Crippen LogP contribution < -0.4 is 20.4 Å². The van der Waals surface area contributed by atoms with Gasteiger partial charge in [-0.25, -0.2) is 13.9 Å². The van der Waals surface area contributed by atoms with E-state index in [1.54, 1.807) is 18.2 Å². The highest BCUT2D eigenvalue weighted by Crippen LogP contribution is 2.37. The summed E-state index contributed by atoms with van der Waals surface area (Å²) in [5, 5.41) is 6.02. The fraction of sp³-hybridized carbons (Fsp3) is 0.316. The smallest absolute Gasteiger partial charge is 0.278 e. The first kappa shape index (κ1) is 22.8. The van der Waals surface area contributed by atoms with Gasteiger partial charge in [-0.05, 0) is 31.0 Å². The van der Waals surface area contributed by atoms with E-state index < -0.39 is 15.9 Å². The molecular formula is C19H22ClN5O5S. The van der Waals surface area contributed by atoms with Gasteiger partial charge in [0.1, 0.15) is 5.69 Å². The summed E-state index contributed by atoms with van der Waals surface area (Å²) in [4.78, 5) is 33.6. The van der Waals surface area contributed by atoms with Crippen molar-refractivity contribution in [1.29, 1.82) is 0 Å². The maximum absolute atomic E-state index is 12.4. The number of aromatic nitrogens is 1. The maximum atomic E-state index is 12.4. The zero-order valence-corrected chi connectivity index (χ0v) is 18.7. The molecule has 1 aliphatic rings. The molecule has 31 heavy (non-hydrogen) atoms. The topological polar surface area (TPSA) is 130 Å². The SMILES string of the molecule is CONC(=O)c1cnc(C(=O)NC2CC2)cc1Nc1cccc(Cl)c1N(C)S(C)(=O)=O. The molecule has 12 heteroatoms. The second kappa shape index (κ2) is 9.08. The Labute approximate surface area is 184 Å². The number of hydrogen-bond acceptors (Lipinski definition) is 7. The highest BCUT2D eigenvalue weighted by atomic mass is 35.5. The summed E-state index contributed by atoms with van der Waals surface area (Å²) in [6.07, 6.45) is 4.11. The molecule has 0 saturated heterocycles. The Kier molecular flexibility index (Phi) is 6.68. The van der Waals surface area contributed by atoms with E-state index in [0.717, 1.165) is 23.4 Å². The number of carbonyl (C=O) groups excluding carboxylic acids is 2. The van der Waals surface area contributed by atoms with Crippen LogP contribution >= 0.6 is 11.6 Å². The minimum atomic E-state index is -3.62. The number of nitrogens with one attached hydrogen (secondary N) is 3. The number of anilines is 3. The van der Waals surface area contributed by atoms with E-state index in [1.165, 1.54) is 26.4 Å². The van der Waals surface area contributed by atoms with Gasteiger partial charge in [-0.1, -0.05) is 17.7 Å². The molecule has 2 aromatic rings. The molecule has 3 N–H and O–H groups in total. The minimum Gasteiger partial charge on any atom is -0.353 e. The average molecular weight is 468 g/mol. The largest absolute Gasteiger partial charge is 0.353 e. The molecule has 1 fully saturated rings. The standard InChI is InChI=1S/C19H22ClN5O5S/c1-25(31(3,28)29)17-13(20)5-4-6-14(17)23-15-9-16(19(27)22-11-7-8-11)21-10-12(15)18(26)24-30-2/h4-6,9-11H,7-8H2,1-3H3,(H,21,23)(H,22,27)(H,24,26). The zero-order valence-electron chi connectivity index (χ0n) is 17.1. The number of hydrogen-bond donors (Lipinski definition) is 3. The molecule has 1 aromatic carbocycles. The number of pyridine rings is 1. The minimum absolute atomic E-state index is 0.0813. The summed E-state index contributed by atoms with van der Waals surface area (Å²) in [7, 11) is -0.977. The Morgan fingerprint density at radius 3 is 2.55 bits per heavy atom. The van der Waals surface area contributed by atoms with E-state index in [1.807, 2.05) is 0 Å². The molecule has 1 aliphatic carbocycles. The van der Waals surface area contributed by atoms with Crippen LogP contribution in [0.3, 0.4) is 0 Å². The molecule has 0 bridgehead atoms. The van der Waals surface area contributed by atoms with E-state index in [2.05, 4.69) is 25.9 Å². The molecule has 0 radical (unpaired) electrons. The monoisotopic (exact) mass is 467 g/mol. The predicted molar refractivity (Wildman–Crippen MR) is 117 cm³/mol. The summed E-state index contributed by atoms with van der Waals surface area (Å²) in [5.41, 5.74) is 3.10. The summed E-state index contributed by atoms with van der Waals surface area (Å²) >= 11 is 6.27. The van der Waals surface area contributed by atoms with Gasteiger partial charge in [0.05, 0.1) is 41.0 Å². The Hall–Kier alpha value is -2.89. The molecule has 1 heterocycles. The van der Waals surface area contributed by atoms with E-state index >= 15 is 0 Å². The number of hydroxylamine groups is 1. The first-order chi connectivity index (χ1) is 14.6. The Morgan fingerprint density at radius 2 is 1.94 bits per heavy atom. The quantitative estimate of drug-likeness (QED) is 0.506. The van der Waals surface area contributed by atoms with E-state index in [0.29, 0.717) is 5.69 Å². The molecule has 0 aliphatic heterocycles. The number of rotatable bonds is 8. The third-order valence-electron chi connectivity index (χ3n) is 4.56. The fourth-order valence-electron chi connectivity index (χ4n) is 2.75. The average Bonchev–Trinajstić information content (AvgIpc) is 3.51. The molecule has 0 unspecified atom stereocenters. The van der Waals surface area contributed by atoms with Crippen molar-refractivity contribution >= 4 is 50.5 Å². The van der Waals surface area contributed by atoms with Crippen molar-refractivity contribution in [2.24, 2.45) is 0 Å². The third kappa shape index (κ3) is 5.43.